The van der Waals surface area contributed by atoms with Crippen LogP contribution < -0.4 is 0 Å². The first-order chi connectivity index (χ1) is 8.95. The number of benzene rings is 1. The number of aromatic nitrogens is 2. The first kappa shape index (κ1) is 13.7. The van der Waals surface area contributed by atoms with Crippen molar-refractivity contribution in [1.82, 2.24) is 9.78 Å². The Balaban J connectivity index is 2.58. The van der Waals surface area contributed by atoms with Crippen LogP contribution in [-0.2, 0) is 6.61 Å². The molecule has 7 heteroatoms. The van der Waals surface area contributed by atoms with E-state index < -0.39 is 4.92 Å². The second-order valence-corrected chi connectivity index (χ2v) is 4.92. The molecule has 1 heterocycles. The molecule has 0 saturated heterocycles. The lowest BCUT2D eigenvalue weighted by atomic mass is 10.1. The summed E-state index contributed by atoms with van der Waals surface area (Å²) in [4.78, 5) is 10.3. The minimum atomic E-state index is -0.507. The van der Waals surface area contributed by atoms with Gasteiger partial charge >= 0.3 is 0 Å². The maximum atomic E-state index is 10.8. The molecule has 0 unspecified atom stereocenters. The van der Waals surface area contributed by atoms with Crippen molar-refractivity contribution < 1.29 is 10.0 Å². The molecule has 1 aromatic heterocycles. The second kappa shape index (κ2) is 5.10. The molecule has 1 N–H and O–H groups in total. The molecule has 0 fully saturated rings. The van der Waals surface area contributed by atoms with Crippen molar-refractivity contribution in [3.8, 4) is 5.69 Å². The van der Waals surface area contributed by atoms with E-state index in [1.54, 1.807) is 16.8 Å². The lowest BCUT2D eigenvalue weighted by Gasteiger charge is -2.06. The van der Waals surface area contributed by atoms with Crippen molar-refractivity contribution >= 4 is 21.6 Å². The zero-order valence-electron chi connectivity index (χ0n) is 10.4. The SMILES string of the molecule is Cc1nn(-c2ccc([N+](=O)[O-])c(CO)c2)c(C)c1Br. The fraction of sp³-hybridized carbons (Fsp3) is 0.250. The molecule has 0 radical (unpaired) electrons. The molecule has 0 aliphatic rings. The third-order valence-electron chi connectivity index (χ3n) is 2.88. The minimum absolute atomic E-state index is 0.0909. The number of hydrogen-bond acceptors (Lipinski definition) is 4. The lowest BCUT2D eigenvalue weighted by molar-refractivity contribution is -0.385. The number of hydrogen-bond donors (Lipinski definition) is 1. The Morgan fingerprint density at radius 3 is 2.63 bits per heavy atom. The summed E-state index contributed by atoms with van der Waals surface area (Å²) in [5.41, 5.74) is 2.59. The van der Waals surface area contributed by atoms with Crippen LogP contribution in [-0.4, -0.2) is 19.8 Å². The first-order valence-corrected chi connectivity index (χ1v) is 6.35. The van der Waals surface area contributed by atoms with Gasteiger partial charge in [0.25, 0.3) is 5.69 Å². The highest BCUT2D eigenvalue weighted by molar-refractivity contribution is 9.10. The van der Waals surface area contributed by atoms with E-state index in [1.807, 2.05) is 13.8 Å². The van der Waals surface area contributed by atoms with E-state index >= 15 is 0 Å². The van der Waals surface area contributed by atoms with Crippen molar-refractivity contribution in [1.29, 1.82) is 0 Å². The van der Waals surface area contributed by atoms with Crippen molar-refractivity contribution in [2.75, 3.05) is 0 Å². The van der Waals surface area contributed by atoms with Crippen LogP contribution in [0.25, 0.3) is 5.69 Å². The molecule has 0 aliphatic heterocycles. The summed E-state index contributed by atoms with van der Waals surface area (Å²) in [7, 11) is 0. The molecular formula is C12H12BrN3O3. The van der Waals surface area contributed by atoms with Crippen LogP contribution in [0.4, 0.5) is 5.69 Å². The molecule has 1 aromatic carbocycles. The molecule has 0 spiro atoms. The van der Waals surface area contributed by atoms with E-state index in [1.165, 1.54) is 6.07 Å². The summed E-state index contributed by atoms with van der Waals surface area (Å²) in [6.07, 6.45) is 0. The van der Waals surface area contributed by atoms with Crippen LogP contribution in [0.1, 0.15) is 17.0 Å². The lowest BCUT2D eigenvalue weighted by Crippen LogP contribution is -2.02. The molecule has 19 heavy (non-hydrogen) atoms. The quantitative estimate of drug-likeness (QED) is 0.694. The Bertz CT molecular complexity index is 652. The number of nitro groups is 1. The number of halogens is 1. The van der Waals surface area contributed by atoms with Gasteiger partial charge < -0.3 is 5.11 Å². The predicted octanol–water partition coefficient (Wildman–Crippen LogP) is 2.65. The first-order valence-electron chi connectivity index (χ1n) is 5.56. The van der Waals surface area contributed by atoms with Crippen LogP contribution in [0.2, 0.25) is 0 Å². The molecule has 100 valence electrons. The fourth-order valence-corrected chi connectivity index (χ4v) is 2.13. The molecular weight excluding hydrogens is 314 g/mol. The monoisotopic (exact) mass is 325 g/mol. The van der Waals surface area contributed by atoms with Crippen molar-refractivity contribution in [3.05, 3.63) is 49.7 Å². The van der Waals surface area contributed by atoms with Gasteiger partial charge in [0.2, 0.25) is 0 Å². The molecule has 0 amide bonds. The van der Waals surface area contributed by atoms with Crippen LogP contribution >= 0.6 is 15.9 Å². The molecule has 2 aromatic rings. The van der Waals surface area contributed by atoms with Gasteiger partial charge in [-0.2, -0.15) is 5.10 Å². The summed E-state index contributed by atoms with van der Waals surface area (Å²) in [6, 6.07) is 4.57. The maximum Gasteiger partial charge on any atom is 0.275 e. The van der Waals surface area contributed by atoms with Gasteiger partial charge in [-0.1, -0.05) is 0 Å². The smallest absolute Gasteiger partial charge is 0.275 e. The molecule has 0 aliphatic carbocycles. The summed E-state index contributed by atoms with van der Waals surface area (Å²) in [5, 5.41) is 24.4. The van der Waals surface area contributed by atoms with Gasteiger partial charge in [0, 0.05) is 6.07 Å². The Morgan fingerprint density at radius 1 is 1.47 bits per heavy atom. The number of aryl methyl sites for hydroxylation is 1. The molecule has 6 nitrogen and oxygen atoms in total. The van der Waals surface area contributed by atoms with E-state index in [9.17, 15) is 15.2 Å². The normalized spacial score (nSPS) is 10.7. The third-order valence-corrected chi connectivity index (χ3v) is 4.03. The number of nitro benzene ring substituents is 1. The Hall–Kier alpha value is -1.73. The van der Waals surface area contributed by atoms with Gasteiger partial charge in [0.05, 0.1) is 38.6 Å². The number of rotatable bonds is 3. The van der Waals surface area contributed by atoms with E-state index in [4.69, 9.17) is 0 Å². The number of nitrogens with zero attached hydrogens (tertiary/aromatic N) is 3. The van der Waals surface area contributed by atoms with Crippen molar-refractivity contribution in [2.24, 2.45) is 0 Å². The van der Waals surface area contributed by atoms with Gasteiger partial charge in [-0.05, 0) is 41.9 Å². The number of aliphatic hydroxyl groups is 1. The van der Waals surface area contributed by atoms with Gasteiger partial charge in [-0.3, -0.25) is 10.1 Å². The average Bonchev–Trinajstić information content (AvgIpc) is 2.65. The molecule has 2 rings (SSSR count). The standard InChI is InChI=1S/C12H12BrN3O3/c1-7-12(13)8(2)15(14-7)10-3-4-11(16(18)19)9(5-10)6-17/h3-5,17H,6H2,1-2H3. The highest BCUT2D eigenvalue weighted by Gasteiger charge is 2.16. The van der Waals surface area contributed by atoms with Crippen molar-refractivity contribution in [3.63, 3.8) is 0 Å². The van der Waals surface area contributed by atoms with E-state index in [0.717, 1.165) is 15.9 Å². The summed E-state index contributed by atoms with van der Waals surface area (Å²) in [5.74, 6) is 0. The van der Waals surface area contributed by atoms with Crippen molar-refractivity contribution in [2.45, 2.75) is 20.5 Å². The Kier molecular flexibility index (Phi) is 3.68. The van der Waals surface area contributed by atoms with Crippen LogP contribution in [0.15, 0.2) is 22.7 Å². The summed E-state index contributed by atoms with van der Waals surface area (Å²) in [6.45, 7) is 3.38. The fourth-order valence-electron chi connectivity index (χ4n) is 1.88. The topological polar surface area (TPSA) is 81.2 Å². The van der Waals surface area contributed by atoms with Gasteiger partial charge in [0.15, 0.2) is 0 Å². The zero-order chi connectivity index (χ0) is 14.2. The minimum Gasteiger partial charge on any atom is -0.391 e. The van der Waals surface area contributed by atoms with Crippen LogP contribution in [0.5, 0.6) is 0 Å². The van der Waals surface area contributed by atoms with Gasteiger partial charge in [-0.25, -0.2) is 4.68 Å². The number of aliphatic hydroxyl groups excluding tert-OH is 1. The van der Waals surface area contributed by atoms with Gasteiger partial charge in [-0.15, -0.1) is 0 Å². The Morgan fingerprint density at radius 2 is 2.16 bits per heavy atom. The highest BCUT2D eigenvalue weighted by atomic mass is 79.9. The summed E-state index contributed by atoms with van der Waals surface area (Å²) >= 11 is 3.43. The maximum absolute atomic E-state index is 10.8. The highest BCUT2D eigenvalue weighted by Crippen LogP contribution is 2.26. The summed E-state index contributed by atoms with van der Waals surface area (Å²) < 4.78 is 2.58. The van der Waals surface area contributed by atoms with Gasteiger partial charge in [0.1, 0.15) is 0 Å². The van der Waals surface area contributed by atoms with E-state index in [-0.39, 0.29) is 17.9 Å². The average molecular weight is 326 g/mol. The molecule has 0 bridgehead atoms. The molecule has 0 saturated carbocycles. The molecule has 0 atom stereocenters. The largest absolute Gasteiger partial charge is 0.391 e. The van der Waals surface area contributed by atoms with E-state index in [2.05, 4.69) is 21.0 Å². The van der Waals surface area contributed by atoms with Crippen LogP contribution in [0, 0.1) is 24.0 Å². The zero-order valence-corrected chi connectivity index (χ0v) is 12.0. The van der Waals surface area contributed by atoms with Crippen LogP contribution in [0.3, 0.4) is 0 Å². The predicted molar refractivity (Wildman–Crippen MR) is 73.3 cm³/mol. The second-order valence-electron chi connectivity index (χ2n) is 4.12. The Labute approximate surface area is 118 Å². The third kappa shape index (κ3) is 2.39. The van der Waals surface area contributed by atoms with E-state index in [0.29, 0.717) is 5.69 Å².